The van der Waals surface area contributed by atoms with E-state index in [0.717, 1.165) is 11.1 Å². The predicted molar refractivity (Wildman–Crippen MR) is 83.5 cm³/mol. The fraction of sp³-hybridized carbons (Fsp3) is 0.188. The standard InChI is InChI=1S/C16H15Cl2NO/c1-10-5-3-4-6-13(10)16(20)19-11(2)14-8-7-12(17)9-15(14)18/h3-9,11H,1-2H3,(H,19,20)/t11-/m0/s1. The summed E-state index contributed by atoms with van der Waals surface area (Å²) in [4.78, 5) is 12.2. The monoisotopic (exact) mass is 307 g/mol. The van der Waals surface area contributed by atoms with Crippen LogP contribution in [-0.2, 0) is 0 Å². The molecule has 0 saturated carbocycles. The quantitative estimate of drug-likeness (QED) is 0.867. The molecule has 1 amide bonds. The molecule has 1 atom stereocenters. The summed E-state index contributed by atoms with van der Waals surface area (Å²) in [5.41, 5.74) is 2.46. The molecule has 2 rings (SSSR count). The van der Waals surface area contributed by atoms with Crippen molar-refractivity contribution in [1.82, 2.24) is 5.32 Å². The van der Waals surface area contributed by atoms with Gasteiger partial charge < -0.3 is 5.32 Å². The number of halogens is 2. The zero-order chi connectivity index (χ0) is 14.7. The summed E-state index contributed by atoms with van der Waals surface area (Å²) < 4.78 is 0. The van der Waals surface area contributed by atoms with Crippen LogP contribution >= 0.6 is 23.2 Å². The minimum atomic E-state index is -0.188. The Morgan fingerprint density at radius 2 is 1.85 bits per heavy atom. The van der Waals surface area contributed by atoms with Gasteiger partial charge in [0.1, 0.15) is 0 Å². The topological polar surface area (TPSA) is 29.1 Å². The van der Waals surface area contributed by atoms with Crippen molar-refractivity contribution in [2.75, 3.05) is 0 Å². The highest BCUT2D eigenvalue weighted by Crippen LogP contribution is 2.26. The molecular formula is C16H15Cl2NO. The van der Waals surface area contributed by atoms with E-state index in [2.05, 4.69) is 5.32 Å². The van der Waals surface area contributed by atoms with Gasteiger partial charge >= 0.3 is 0 Å². The molecule has 0 aliphatic carbocycles. The van der Waals surface area contributed by atoms with Gasteiger partial charge in [-0.05, 0) is 43.2 Å². The van der Waals surface area contributed by atoms with Crippen LogP contribution in [0.25, 0.3) is 0 Å². The number of hydrogen-bond donors (Lipinski definition) is 1. The average Bonchev–Trinajstić information content (AvgIpc) is 2.38. The van der Waals surface area contributed by atoms with Gasteiger partial charge in [-0.2, -0.15) is 0 Å². The summed E-state index contributed by atoms with van der Waals surface area (Å²) in [6.07, 6.45) is 0. The summed E-state index contributed by atoms with van der Waals surface area (Å²) in [5, 5.41) is 4.08. The number of rotatable bonds is 3. The second kappa shape index (κ2) is 6.29. The Morgan fingerprint density at radius 1 is 1.15 bits per heavy atom. The van der Waals surface area contributed by atoms with E-state index in [1.54, 1.807) is 18.2 Å². The van der Waals surface area contributed by atoms with Crippen LogP contribution in [0.5, 0.6) is 0 Å². The molecule has 2 nitrogen and oxygen atoms in total. The Labute approximate surface area is 128 Å². The van der Waals surface area contributed by atoms with E-state index in [0.29, 0.717) is 15.6 Å². The minimum absolute atomic E-state index is 0.110. The van der Waals surface area contributed by atoms with Gasteiger partial charge in [-0.25, -0.2) is 0 Å². The summed E-state index contributed by atoms with van der Waals surface area (Å²) in [6, 6.07) is 12.6. The maximum Gasteiger partial charge on any atom is 0.252 e. The maximum absolute atomic E-state index is 12.2. The lowest BCUT2D eigenvalue weighted by Crippen LogP contribution is -2.27. The Hall–Kier alpha value is -1.51. The smallest absolute Gasteiger partial charge is 0.252 e. The SMILES string of the molecule is Cc1ccccc1C(=O)N[C@@H](C)c1ccc(Cl)cc1Cl. The van der Waals surface area contributed by atoms with Crippen LogP contribution in [0.3, 0.4) is 0 Å². The van der Waals surface area contributed by atoms with E-state index in [-0.39, 0.29) is 11.9 Å². The molecule has 20 heavy (non-hydrogen) atoms. The molecule has 4 heteroatoms. The maximum atomic E-state index is 12.2. The molecule has 0 bridgehead atoms. The number of amides is 1. The molecule has 0 aromatic heterocycles. The first-order valence-corrected chi connectivity index (χ1v) is 7.06. The fourth-order valence-electron chi connectivity index (χ4n) is 2.03. The Morgan fingerprint density at radius 3 is 2.50 bits per heavy atom. The summed E-state index contributed by atoms with van der Waals surface area (Å²) >= 11 is 12.0. The Kier molecular flexibility index (Phi) is 4.69. The Balaban J connectivity index is 2.17. The number of hydrogen-bond acceptors (Lipinski definition) is 1. The average molecular weight is 308 g/mol. The fourth-order valence-corrected chi connectivity index (χ4v) is 2.60. The molecule has 0 radical (unpaired) electrons. The summed E-state index contributed by atoms with van der Waals surface area (Å²) in [6.45, 7) is 3.81. The van der Waals surface area contributed by atoms with Crippen molar-refractivity contribution < 1.29 is 4.79 Å². The Bertz CT molecular complexity index is 640. The zero-order valence-corrected chi connectivity index (χ0v) is 12.8. The van der Waals surface area contributed by atoms with Crippen molar-refractivity contribution in [2.45, 2.75) is 19.9 Å². The van der Waals surface area contributed by atoms with E-state index in [9.17, 15) is 4.79 Å². The normalized spacial score (nSPS) is 12.0. The van der Waals surface area contributed by atoms with Crippen molar-refractivity contribution in [1.29, 1.82) is 0 Å². The van der Waals surface area contributed by atoms with Crippen LogP contribution in [0.2, 0.25) is 10.0 Å². The van der Waals surface area contributed by atoms with Crippen molar-refractivity contribution in [2.24, 2.45) is 0 Å². The van der Waals surface area contributed by atoms with Gasteiger partial charge in [0.15, 0.2) is 0 Å². The number of carbonyl (C=O) groups is 1. The van der Waals surface area contributed by atoms with Gasteiger partial charge in [-0.1, -0.05) is 47.5 Å². The lowest BCUT2D eigenvalue weighted by molar-refractivity contribution is 0.0939. The van der Waals surface area contributed by atoms with E-state index in [1.807, 2.05) is 38.1 Å². The van der Waals surface area contributed by atoms with Gasteiger partial charge in [0, 0.05) is 15.6 Å². The highest BCUT2D eigenvalue weighted by atomic mass is 35.5. The lowest BCUT2D eigenvalue weighted by Gasteiger charge is -2.16. The van der Waals surface area contributed by atoms with Crippen LogP contribution in [0.4, 0.5) is 0 Å². The van der Waals surface area contributed by atoms with E-state index in [1.165, 1.54) is 0 Å². The number of nitrogens with one attached hydrogen (secondary N) is 1. The van der Waals surface area contributed by atoms with Crippen molar-refractivity contribution in [3.63, 3.8) is 0 Å². The van der Waals surface area contributed by atoms with Gasteiger partial charge in [0.2, 0.25) is 0 Å². The van der Waals surface area contributed by atoms with Gasteiger partial charge in [-0.3, -0.25) is 4.79 Å². The molecule has 0 unspecified atom stereocenters. The van der Waals surface area contributed by atoms with Gasteiger partial charge in [-0.15, -0.1) is 0 Å². The van der Waals surface area contributed by atoms with E-state index in [4.69, 9.17) is 23.2 Å². The molecule has 0 spiro atoms. The number of aryl methyl sites for hydroxylation is 1. The van der Waals surface area contributed by atoms with E-state index < -0.39 is 0 Å². The zero-order valence-electron chi connectivity index (χ0n) is 11.3. The highest BCUT2D eigenvalue weighted by molar-refractivity contribution is 6.35. The molecule has 2 aromatic rings. The van der Waals surface area contributed by atoms with Crippen LogP contribution < -0.4 is 5.32 Å². The van der Waals surface area contributed by atoms with Crippen LogP contribution in [0.15, 0.2) is 42.5 Å². The first kappa shape index (κ1) is 14.9. The lowest BCUT2D eigenvalue weighted by atomic mass is 10.1. The molecule has 0 heterocycles. The third kappa shape index (κ3) is 3.33. The van der Waals surface area contributed by atoms with E-state index >= 15 is 0 Å². The molecule has 0 fully saturated rings. The van der Waals surface area contributed by atoms with Crippen LogP contribution in [0, 0.1) is 6.92 Å². The molecule has 0 aliphatic rings. The highest BCUT2D eigenvalue weighted by Gasteiger charge is 2.15. The number of benzene rings is 2. The second-order valence-corrected chi connectivity index (χ2v) is 5.52. The molecule has 0 saturated heterocycles. The third-order valence-electron chi connectivity index (χ3n) is 3.17. The van der Waals surface area contributed by atoms with Crippen molar-refractivity contribution in [3.05, 3.63) is 69.2 Å². The summed E-state index contributed by atoms with van der Waals surface area (Å²) in [7, 11) is 0. The first-order valence-electron chi connectivity index (χ1n) is 6.30. The number of carbonyl (C=O) groups excluding carboxylic acids is 1. The van der Waals surface area contributed by atoms with Crippen LogP contribution in [-0.4, -0.2) is 5.91 Å². The summed E-state index contributed by atoms with van der Waals surface area (Å²) in [5.74, 6) is -0.110. The molecule has 104 valence electrons. The molecule has 0 aliphatic heterocycles. The second-order valence-electron chi connectivity index (χ2n) is 4.68. The van der Waals surface area contributed by atoms with Crippen LogP contribution in [0.1, 0.15) is 34.5 Å². The minimum Gasteiger partial charge on any atom is -0.345 e. The predicted octanol–water partition coefficient (Wildman–Crippen LogP) is 4.79. The third-order valence-corrected chi connectivity index (χ3v) is 3.73. The largest absolute Gasteiger partial charge is 0.345 e. The first-order chi connectivity index (χ1) is 9.49. The molecule has 1 N–H and O–H groups in total. The van der Waals surface area contributed by atoms with Gasteiger partial charge in [0.25, 0.3) is 5.91 Å². The molecular weight excluding hydrogens is 293 g/mol. The van der Waals surface area contributed by atoms with Crippen molar-refractivity contribution in [3.8, 4) is 0 Å². The van der Waals surface area contributed by atoms with Crippen molar-refractivity contribution >= 4 is 29.1 Å². The van der Waals surface area contributed by atoms with Gasteiger partial charge in [0.05, 0.1) is 6.04 Å². The molecule has 2 aromatic carbocycles.